The lowest BCUT2D eigenvalue weighted by Gasteiger charge is -2.22. The van der Waals surface area contributed by atoms with Crippen molar-refractivity contribution in [2.75, 3.05) is 20.2 Å². The summed E-state index contributed by atoms with van der Waals surface area (Å²) < 4.78 is 51.8. The van der Waals surface area contributed by atoms with Gasteiger partial charge in [-0.25, -0.2) is 4.79 Å². The first kappa shape index (κ1) is 24.1. The second-order valence-corrected chi connectivity index (χ2v) is 7.13. The second kappa shape index (κ2) is 10.3. The molecule has 0 aromatic heterocycles. The highest BCUT2D eigenvalue weighted by Gasteiger charge is 2.45. The molecule has 11 heteroatoms. The van der Waals surface area contributed by atoms with Crippen LogP contribution in [0, 0.1) is 0 Å². The smallest absolute Gasteiger partial charge is 0.467 e. The summed E-state index contributed by atoms with van der Waals surface area (Å²) in [4.78, 5) is 37.7. The third-order valence-corrected chi connectivity index (χ3v) is 4.85. The van der Waals surface area contributed by atoms with Crippen LogP contribution < -0.4 is 10.1 Å². The number of halogens is 3. The minimum atomic E-state index is -4.91. The zero-order valence-corrected chi connectivity index (χ0v) is 17.5. The summed E-state index contributed by atoms with van der Waals surface area (Å²) in [6.45, 7) is -0.979. The molecule has 0 bridgehead atoms. The van der Waals surface area contributed by atoms with Gasteiger partial charge in [-0.1, -0.05) is 18.2 Å². The van der Waals surface area contributed by atoms with Gasteiger partial charge >= 0.3 is 12.3 Å². The molecule has 1 heterocycles. The Morgan fingerprint density at radius 1 is 1.03 bits per heavy atom. The lowest BCUT2D eigenvalue weighted by molar-refractivity contribution is -0.340. The average molecular weight is 466 g/mol. The van der Waals surface area contributed by atoms with Crippen LogP contribution in [0.5, 0.6) is 11.5 Å². The first-order chi connectivity index (χ1) is 15.7. The number of methoxy groups -OCH3 is 1. The predicted octanol–water partition coefficient (Wildman–Crippen LogP) is 2.89. The molecule has 2 atom stereocenters. The zero-order chi connectivity index (χ0) is 24.0. The van der Waals surface area contributed by atoms with Crippen molar-refractivity contribution in [3.05, 3.63) is 60.2 Å². The van der Waals surface area contributed by atoms with Crippen LogP contribution in [-0.2, 0) is 19.1 Å². The van der Waals surface area contributed by atoms with E-state index < -0.39 is 49.4 Å². The lowest BCUT2D eigenvalue weighted by atomic mass is 10.2. The summed E-state index contributed by atoms with van der Waals surface area (Å²) in [7, 11) is 1.07. The van der Waals surface area contributed by atoms with Crippen molar-refractivity contribution in [3.63, 3.8) is 0 Å². The number of hydrogen-bond acceptors (Lipinski definition) is 6. The summed E-state index contributed by atoms with van der Waals surface area (Å²) in [5.41, 5.74) is 0.243. The molecular weight excluding hydrogens is 445 g/mol. The molecular formula is C22H21F3N2O6. The molecule has 2 aromatic rings. The maximum Gasteiger partial charge on any atom is 0.522 e. The quantitative estimate of drug-likeness (QED) is 0.631. The van der Waals surface area contributed by atoms with Gasteiger partial charge in [-0.2, -0.15) is 0 Å². The molecule has 0 radical (unpaired) electrons. The number of carbonyl (C=O) groups excluding carboxylic acids is 3. The average Bonchev–Trinajstić information content (AvgIpc) is 3.20. The standard InChI is InChI=1S/C22H21F3N2O6/c1-31-21(30)18-11-17(33-22(23,24)25)13-27(18)19(28)12-26-20(29)14-7-9-16(10-8-14)32-15-5-3-2-4-6-15/h2-10,17-18H,11-13H2,1H3,(H,26,29)/t17-,18+/m1/s1. The fourth-order valence-corrected chi connectivity index (χ4v) is 3.37. The number of rotatable bonds is 7. The maximum atomic E-state index is 12.5. The van der Waals surface area contributed by atoms with Gasteiger partial charge < -0.3 is 19.7 Å². The molecule has 0 spiro atoms. The van der Waals surface area contributed by atoms with Gasteiger partial charge in [-0.05, 0) is 36.4 Å². The number of ether oxygens (including phenoxy) is 3. The summed E-state index contributed by atoms with van der Waals surface area (Å²) in [5, 5.41) is 2.40. The molecule has 33 heavy (non-hydrogen) atoms. The zero-order valence-electron chi connectivity index (χ0n) is 17.5. The Kier molecular flexibility index (Phi) is 7.54. The van der Waals surface area contributed by atoms with Crippen LogP contribution >= 0.6 is 0 Å². The Balaban J connectivity index is 1.57. The molecule has 0 unspecified atom stereocenters. The van der Waals surface area contributed by atoms with E-state index in [1.54, 1.807) is 24.3 Å². The molecule has 3 rings (SSSR count). The first-order valence-corrected chi connectivity index (χ1v) is 9.89. The number of para-hydroxylation sites is 1. The summed E-state index contributed by atoms with van der Waals surface area (Å²) in [6.07, 6.45) is -6.69. The van der Waals surface area contributed by atoms with E-state index in [0.717, 1.165) is 12.0 Å². The van der Waals surface area contributed by atoms with Gasteiger partial charge in [0.25, 0.3) is 5.91 Å². The molecule has 1 N–H and O–H groups in total. The van der Waals surface area contributed by atoms with Crippen molar-refractivity contribution >= 4 is 17.8 Å². The van der Waals surface area contributed by atoms with Gasteiger partial charge in [0.1, 0.15) is 17.5 Å². The minimum Gasteiger partial charge on any atom is -0.467 e. The number of likely N-dealkylation sites (tertiary alicyclic amines) is 1. The molecule has 1 saturated heterocycles. The van der Waals surface area contributed by atoms with E-state index in [4.69, 9.17) is 4.74 Å². The first-order valence-electron chi connectivity index (χ1n) is 9.89. The summed E-state index contributed by atoms with van der Waals surface area (Å²) in [5.74, 6) is -1.05. The van der Waals surface area contributed by atoms with Crippen molar-refractivity contribution in [2.45, 2.75) is 24.9 Å². The topological polar surface area (TPSA) is 94.2 Å². The Hall–Kier alpha value is -3.60. The molecule has 8 nitrogen and oxygen atoms in total. The van der Waals surface area contributed by atoms with Gasteiger partial charge in [0.05, 0.1) is 19.8 Å². The molecule has 176 valence electrons. The van der Waals surface area contributed by atoms with E-state index in [1.165, 1.54) is 12.1 Å². The number of alkyl halides is 3. The molecule has 2 amide bonds. The third kappa shape index (κ3) is 6.69. The molecule has 0 aliphatic carbocycles. The Morgan fingerprint density at radius 3 is 2.27 bits per heavy atom. The van der Waals surface area contributed by atoms with Crippen LogP contribution in [-0.4, -0.2) is 61.4 Å². The van der Waals surface area contributed by atoms with Crippen LogP contribution in [0.4, 0.5) is 13.2 Å². The van der Waals surface area contributed by atoms with Gasteiger partial charge in [0.2, 0.25) is 5.91 Å². The van der Waals surface area contributed by atoms with Crippen molar-refractivity contribution in [3.8, 4) is 11.5 Å². The SMILES string of the molecule is COC(=O)[C@@H]1C[C@@H](OC(F)(F)F)CN1C(=O)CNC(=O)c1ccc(Oc2ccccc2)cc1. The predicted molar refractivity (Wildman–Crippen MR) is 108 cm³/mol. The van der Waals surface area contributed by atoms with Crippen LogP contribution in [0.2, 0.25) is 0 Å². The number of nitrogens with zero attached hydrogens (tertiary/aromatic N) is 1. The maximum absolute atomic E-state index is 12.5. The molecule has 1 aliphatic heterocycles. The Bertz CT molecular complexity index is 982. The third-order valence-electron chi connectivity index (χ3n) is 4.85. The molecule has 1 aliphatic rings. The number of hydrogen-bond donors (Lipinski definition) is 1. The van der Waals surface area contributed by atoms with Crippen LogP contribution in [0.3, 0.4) is 0 Å². The van der Waals surface area contributed by atoms with E-state index in [9.17, 15) is 27.6 Å². The van der Waals surface area contributed by atoms with E-state index >= 15 is 0 Å². The lowest BCUT2D eigenvalue weighted by Crippen LogP contribution is -2.46. The number of amides is 2. The number of nitrogens with one attached hydrogen (secondary N) is 1. The van der Waals surface area contributed by atoms with Gasteiger partial charge in [-0.15, -0.1) is 13.2 Å². The Labute approximate surface area is 187 Å². The van der Waals surface area contributed by atoms with Crippen LogP contribution in [0.15, 0.2) is 54.6 Å². The Morgan fingerprint density at radius 2 is 1.67 bits per heavy atom. The fraction of sp³-hybridized carbons (Fsp3) is 0.318. The van der Waals surface area contributed by atoms with Crippen molar-refractivity contribution in [2.24, 2.45) is 0 Å². The van der Waals surface area contributed by atoms with Crippen LogP contribution in [0.1, 0.15) is 16.8 Å². The number of esters is 1. The largest absolute Gasteiger partial charge is 0.522 e. The highest BCUT2D eigenvalue weighted by atomic mass is 19.4. The van der Waals surface area contributed by atoms with E-state index in [0.29, 0.717) is 11.5 Å². The summed E-state index contributed by atoms with van der Waals surface area (Å²) in [6, 6.07) is 14.0. The normalized spacial score (nSPS) is 18.0. The van der Waals surface area contributed by atoms with E-state index in [1.807, 2.05) is 18.2 Å². The van der Waals surface area contributed by atoms with Crippen molar-refractivity contribution in [1.82, 2.24) is 10.2 Å². The van der Waals surface area contributed by atoms with Gasteiger partial charge in [-0.3, -0.25) is 14.3 Å². The minimum absolute atomic E-state index is 0.243. The molecule has 1 fully saturated rings. The van der Waals surface area contributed by atoms with Gasteiger partial charge in [0, 0.05) is 18.5 Å². The fourth-order valence-electron chi connectivity index (χ4n) is 3.37. The van der Waals surface area contributed by atoms with Crippen LogP contribution in [0.25, 0.3) is 0 Å². The summed E-state index contributed by atoms with van der Waals surface area (Å²) >= 11 is 0. The van der Waals surface area contributed by atoms with Gasteiger partial charge in [0.15, 0.2) is 0 Å². The highest BCUT2D eigenvalue weighted by Crippen LogP contribution is 2.28. The van der Waals surface area contributed by atoms with E-state index in [2.05, 4.69) is 14.8 Å². The number of benzene rings is 2. The monoisotopic (exact) mass is 466 g/mol. The van der Waals surface area contributed by atoms with E-state index in [-0.39, 0.29) is 12.0 Å². The highest BCUT2D eigenvalue weighted by molar-refractivity contribution is 5.97. The van der Waals surface area contributed by atoms with Crippen molar-refractivity contribution in [1.29, 1.82) is 0 Å². The molecule has 0 saturated carbocycles. The second-order valence-electron chi connectivity index (χ2n) is 7.13. The van der Waals surface area contributed by atoms with Crippen molar-refractivity contribution < 1.29 is 41.8 Å². The number of carbonyl (C=O) groups is 3. The molecule has 2 aromatic carbocycles.